The molecular formula is C11H16N2O8. The van der Waals surface area contributed by atoms with E-state index >= 15 is 0 Å². The first kappa shape index (κ1) is 18.4. The van der Waals surface area contributed by atoms with Crippen LogP contribution in [0.3, 0.4) is 0 Å². The highest BCUT2D eigenvalue weighted by atomic mass is 16.4. The highest BCUT2D eigenvalue weighted by Crippen LogP contribution is 2.41. The summed E-state index contributed by atoms with van der Waals surface area (Å²) in [4.78, 5) is 43.7. The van der Waals surface area contributed by atoms with E-state index < -0.39 is 66.7 Å². The molecule has 0 aliphatic heterocycles. The molecule has 0 spiro atoms. The molecule has 1 atom stereocenters. The van der Waals surface area contributed by atoms with E-state index in [-0.39, 0.29) is 0 Å². The number of aliphatic carboxylic acids is 4. The molecule has 21 heavy (non-hydrogen) atoms. The molecule has 0 aromatic rings. The molecule has 10 nitrogen and oxygen atoms in total. The van der Waals surface area contributed by atoms with Crippen molar-refractivity contribution in [1.82, 2.24) is 0 Å². The summed E-state index contributed by atoms with van der Waals surface area (Å²) in [7, 11) is 0. The summed E-state index contributed by atoms with van der Waals surface area (Å²) in [6.45, 7) is 0. The Morgan fingerprint density at radius 1 is 0.857 bits per heavy atom. The van der Waals surface area contributed by atoms with Crippen molar-refractivity contribution in [1.29, 1.82) is 5.41 Å². The van der Waals surface area contributed by atoms with Gasteiger partial charge in [0.15, 0.2) is 0 Å². The van der Waals surface area contributed by atoms with Crippen molar-refractivity contribution in [3.8, 4) is 0 Å². The molecular weight excluding hydrogens is 288 g/mol. The first-order chi connectivity index (χ1) is 9.50. The van der Waals surface area contributed by atoms with Crippen LogP contribution in [0.2, 0.25) is 0 Å². The van der Waals surface area contributed by atoms with Crippen LogP contribution in [0.15, 0.2) is 0 Å². The molecule has 0 saturated carbocycles. The smallest absolute Gasteiger partial charge is 0.304 e. The van der Waals surface area contributed by atoms with Crippen LogP contribution in [0.4, 0.5) is 0 Å². The summed E-state index contributed by atoms with van der Waals surface area (Å²) >= 11 is 0. The van der Waals surface area contributed by atoms with Crippen LogP contribution in [0.5, 0.6) is 0 Å². The Morgan fingerprint density at radius 2 is 1.19 bits per heavy atom. The predicted molar refractivity (Wildman–Crippen MR) is 66.8 cm³/mol. The minimum atomic E-state index is -1.99. The van der Waals surface area contributed by atoms with Gasteiger partial charge in [0.25, 0.3) is 0 Å². The van der Waals surface area contributed by atoms with Crippen molar-refractivity contribution < 1.29 is 39.6 Å². The molecule has 0 aliphatic rings. The standard InChI is InChI=1S/C11H16N2O8/c12-10(13)5(1-6(14)15)11(2-7(16)17,3-8(18)19)4-9(20)21/h5H,1-4H2,(H3,12,13)(H,14,15)(H,16,17)(H,18,19)(H,20,21). The molecule has 0 amide bonds. The van der Waals surface area contributed by atoms with Gasteiger partial charge in [0.05, 0.1) is 31.5 Å². The number of nitrogens with one attached hydrogen (secondary N) is 1. The number of carboxylic acid groups (broad SMARTS) is 4. The molecule has 1 unspecified atom stereocenters. The van der Waals surface area contributed by atoms with Gasteiger partial charge in [-0.1, -0.05) is 0 Å². The summed E-state index contributed by atoms with van der Waals surface area (Å²) in [5, 5.41) is 42.9. The van der Waals surface area contributed by atoms with Crippen LogP contribution in [-0.2, 0) is 19.2 Å². The van der Waals surface area contributed by atoms with Gasteiger partial charge in [-0.25, -0.2) is 0 Å². The van der Waals surface area contributed by atoms with Crippen molar-refractivity contribution in [3.05, 3.63) is 0 Å². The third-order valence-corrected chi connectivity index (χ3v) is 3.00. The fraction of sp³-hybridized carbons (Fsp3) is 0.545. The predicted octanol–water partition coefficient (Wildman–Crippen LogP) is -0.576. The number of nitrogens with two attached hydrogens (primary N) is 1. The van der Waals surface area contributed by atoms with Crippen LogP contribution in [0.25, 0.3) is 0 Å². The molecule has 118 valence electrons. The monoisotopic (exact) mass is 304 g/mol. The lowest BCUT2D eigenvalue weighted by molar-refractivity contribution is -0.152. The molecule has 10 heteroatoms. The Balaban J connectivity index is 5.91. The van der Waals surface area contributed by atoms with Crippen molar-refractivity contribution in [2.75, 3.05) is 0 Å². The first-order valence-electron chi connectivity index (χ1n) is 5.71. The highest BCUT2D eigenvalue weighted by Gasteiger charge is 2.46. The Kier molecular flexibility index (Phi) is 6.31. The van der Waals surface area contributed by atoms with Crippen molar-refractivity contribution >= 4 is 29.7 Å². The van der Waals surface area contributed by atoms with Gasteiger partial charge in [0.2, 0.25) is 0 Å². The zero-order valence-corrected chi connectivity index (χ0v) is 10.9. The summed E-state index contributed by atoms with van der Waals surface area (Å²) in [5.41, 5.74) is 3.25. The Labute approximate surface area is 118 Å². The lowest BCUT2D eigenvalue weighted by Crippen LogP contribution is -2.44. The number of rotatable bonds is 10. The molecule has 0 fully saturated rings. The van der Waals surface area contributed by atoms with Gasteiger partial charge in [-0.15, -0.1) is 0 Å². The molecule has 0 aliphatic carbocycles. The number of hydrogen-bond donors (Lipinski definition) is 6. The van der Waals surface area contributed by atoms with Gasteiger partial charge < -0.3 is 26.2 Å². The summed E-state index contributed by atoms with van der Waals surface area (Å²) < 4.78 is 0. The van der Waals surface area contributed by atoms with Gasteiger partial charge in [-0.05, 0) is 0 Å². The lowest BCUT2D eigenvalue weighted by atomic mass is 9.66. The number of carboxylic acids is 4. The van der Waals surface area contributed by atoms with Gasteiger partial charge in [0.1, 0.15) is 0 Å². The third-order valence-electron chi connectivity index (χ3n) is 3.00. The zero-order chi connectivity index (χ0) is 16.8. The first-order valence-corrected chi connectivity index (χ1v) is 5.71. The van der Waals surface area contributed by atoms with E-state index in [0.29, 0.717) is 0 Å². The Hall–Kier alpha value is -2.65. The number of hydrogen-bond acceptors (Lipinski definition) is 5. The SMILES string of the molecule is N=C(N)C(CC(=O)O)C(CC(=O)O)(CC(=O)O)CC(=O)O. The minimum Gasteiger partial charge on any atom is -0.481 e. The maximum atomic E-state index is 10.9. The molecule has 0 aromatic carbocycles. The minimum absolute atomic E-state index is 0.763. The molecule has 0 radical (unpaired) electrons. The Bertz CT molecular complexity index is 432. The fourth-order valence-corrected chi connectivity index (χ4v) is 2.29. The summed E-state index contributed by atoms with van der Waals surface area (Å²) in [6, 6.07) is 0. The van der Waals surface area contributed by atoms with E-state index in [1.807, 2.05) is 0 Å². The average Bonchev–Trinajstić information content (AvgIpc) is 2.21. The second-order valence-electron chi connectivity index (χ2n) is 4.68. The third kappa shape index (κ3) is 5.89. The molecule has 0 saturated heterocycles. The normalized spacial score (nSPS) is 12.4. The van der Waals surface area contributed by atoms with Crippen molar-refractivity contribution in [2.45, 2.75) is 25.7 Å². The maximum absolute atomic E-state index is 10.9. The molecule has 7 N–H and O–H groups in total. The van der Waals surface area contributed by atoms with E-state index in [9.17, 15) is 19.2 Å². The lowest BCUT2D eigenvalue weighted by Gasteiger charge is -2.36. The average molecular weight is 304 g/mol. The highest BCUT2D eigenvalue weighted by molar-refractivity contribution is 5.87. The largest absolute Gasteiger partial charge is 0.481 e. The quantitative estimate of drug-likeness (QED) is 0.225. The molecule has 0 heterocycles. The van der Waals surface area contributed by atoms with Crippen LogP contribution < -0.4 is 5.73 Å². The van der Waals surface area contributed by atoms with E-state index in [1.165, 1.54) is 0 Å². The van der Waals surface area contributed by atoms with E-state index in [4.69, 9.17) is 31.6 Å². The zero-order valence-electron chi connectivity index (χ0n) is 10.9. The summed E-state index contributed by atoms with van der Waals surface area (Å²) in [6.07, 6.45) is -3.61. The van der Waals surface area contributed by atoms with E-state index in [2.05, 4.69) is 0 Å². The van der Waals surface area contributed by atoms with Gasteiger partial charge >= 0.3 is 23.9 Å². The van der Waals surface area contributed by atoms with E-state index in [1.54, 1.807) is 0 Å². The molecule has 0 bridgehead atoms. The molecule has 0 aromatic heterocycles. The van der Waals surface area contributed by atoms with Gasteiger partial charge in [0, 0.05) is 11.3 Å². The van der Waals surface area contributed by atoms with Crippen LogP contribution >= 0.6 is 0 Å². The van der Waals surface area contributed by atoms with Gasteiger partial charge in [-0.3, -0.25) is 24.6 Å². The van der Waals surface area contributed by atoms with E-state index in [0.717, 1.165) is 0 Å². The van der Waals surface area contributed by atoms with Crippen LogP contribution in [0, 0.1) is 16.7 Å². The molecule has 0 rings (SSSR count). The second-order valence-corrected chi connectivity index (χ2v) is 4.68. The van der Waals surface area contributed by atoms with Crippen LogP contribution in [0.1, 0.15) is 25.7 Å². The maximum Gasteiger partial charge on any atom is 0.304 e. The number of amidine groups is 1. The number of carbonyl (C=O) groups is 4. The topological polar surface area (TPSA) is 199 Å². The van der Waals surface area contributed by atoms with Crippen molar-refractivity contribution in [2.24, 2.45) is 17.1 Å². The summed E-state index contributed by atoms with van der Waals surface area (Å²) in [5.74, 6) is -8.24. The second kappa shape index (κ2) is 7.22. The Morgan fingerprint density at radius 3 is 1.38 bits per heavy atom. The van der Waals surface area contributed by atoms with Crippen LogP contribution in [-0.4, -0.2) is 50.1 Å². The van der Waals surface area contributed by atoms with Gasteiger partial charge in [-0.2, -0.15) is 0 Å². The fourth-order valence-electron chi connectivity index (χ4n) is 2.29. The van der Waals surface area contributed by atoms with Crippen molar-refractivity contribution in [3.63, 3.8) is 0 Å².